The molecule has 0 spiro atoms. The highest BCUT2D eigenvalue weighted by Gasteiger charge is 2.24. The van der Waals surface area contributed by atoms with E-state index < -0.39 is 18.2 Å². The first-order valence-corrected chi connectivity index (χ1v) is 26.2. The normalized spacial score (nSPS) is 14.1. The van der Waals surface area contributed by atoms with Crippen LogP contribution in [-0.2, 0) is 14.3 Å². The molecule has 6 nitrogen and oxygen atoms in total. The van der Waals surface area contributed by atoms with Crippen LogP contribution in [0.25, 0.3) is 0 Å². The minimum absolute atomic E-state index is 0.0388. The third-order valence-electron chi connectivity index (χ3n) is 11.3. The van der Waals surface area contributed by atoms with Gasteiger partial charge in [-0.2, -0.15) is 0 Å². The smallest absolute Gasteiger partial charge is 0.306 e. The molecule has 0 saturated carbocycles. The number of nitrogens with one attached hydrogen (secondary N) is 1. The van der Waals surface area contributed by atoms with Crippen LogP contribution in [0.5, 0.6) is 0 Å². The van der Waals surface area contributed by atoms with Gasteiger partial charge in [-0.15, -0.1) is 0 Å². The van der Waals surface area contributed by atoms with Gasteiger partial charge in [0, 0.05) is 6.42 Å². The zero-order chi connectivity index (χ0) is 46.7. The Morgan fingerprint density at radius 1 is 0.469 bits per heavy atom. The molecule has 3 atom stereocenters. The van der Waals surface area contributed by atoms with Crippen molar-refractivity contribution in [1.29, 1.82) is 0 Å². The van der Waals surface area contributed by atoms with Crippen molar-refractivity contribution in [2.24, 2.45) is 0 Å². The summed E-state index contributed by atoms with van der Waals surface area (Å²) in [5.74, 6) is -0.554. The van der Waals surface area contributed by atoms with Crippen molar-refractivity contribution < 1.29 is 24.5 Å². The Balaban J connectivity index is 4.69. The second-order valence-corrected chi connectivity index (χ2v) is 17.4. The van der Waals surface area contributed by atoms with Crippen LogP contribution in [0.2, 0.25) is 0 Å². The minimum Gasteiger partial charge on any atom is -0.462 e. The third kappa shape index (κ3) is 45.1. The van der Waals surface area contributed by atoms with Crippen molar-refractivity contribution >= 4 is 11.9 Å². The Hall–Kier alpha value is -3.48. The van der Waals surface area contributed by atoms with E-state index in [9.17, 15) is 19.8 Å². The predicted molar refractivity (Wildman–Crippen MR) is 277 cm³/mol. The van der Waals surface area contributed by atoms with E-state index in [-0.39, 0.29) is 24.9 Å². The number of rotatable bonds is 45. The van der Waals surface area contributed by atoms with Gasteiger partial charge in [-0.05, 0) is 64.2 Å². The highest BCUT2D eigenvalue weighted by Crippen LogP contribution is 2.17. The molecule has 0 aliphatic rings. The van der Waals surface area contributed by atoms with E-state index in [0.29, 0.717) is 19.3 Å². The highest BCUT2D eigenvalue weighted by atomic mass is 16.5. The Labute approximate surface area is 394 Å². The third-order valence-corrected chi connectivity index (χ3v) is 11.3. The van der Waals surface area contributed by atoms with E-state index in [0.717, 1.165) is 96.3 Å². The summed E-state index contributed by atoms with van der Waals surface area (Å²) in [6.07, 6.45) is 68.6. The maximum Gasteiger partial charge on any atom is 0.306 e. The lowest BCUT2D eigenvalue weighted by Gasteiger charge is -2.24. The summed E-state index contributed by atoms with van der Waals surface area (Å²) in [6, 6.07) is -0.725. The van der Waals surface area contributed by atoms with E-state index in [2.05, 4.69) is 80.8 Å². The van der Waals surface area contributed by atoms with Gasteiger partial charge in [0.25, 0.3) is 0 Å². The maximum absolute atomic E-state index is 13.2. The Morgan fingerprint density at radius 3 is 1.28 bits per heavy atom. The number of hydrogen-bond acceptors (Lipinski definition) is 5. The van der Waals surface area contributed by atoms with Crippen LogP contribution in [0.15, 0.2) is 109 Å². The zero-order valence-electron chi connectivity index (χ0n) is 41.4. The van der Waals surface area contributed by atoms with E-state index in [1.54, 1.807) is 0 Å². The van der Waals surface area contributed by atoms with Crippen LogP contribution < -0.4 is 5.32 Å². The molecule has 3 N–H and O–H groups in total. The number of aliphatic hydroxyl groups is 2. The number of carbonyl (C=O) groups excluding carboxylic acids is 2. The molecule has 0 aromatic heterocycles. The van der Waals surface area contributed by atoms with E-state index in [1.165, 1.54) is 77.0 Å². The molecule has 0 aromatic carbocycles. The van der Waals surface area contributed by atoms with Gasteiger partial charge in [0.2, 0.25) is 5.91 Å². The van der Waals surface area contributed by atoms with Gasteiger partial charge >= 0.3 is 5.97 Å². The molecule has 0 saturated heterocycles. The molecule has 0 bridgehead atoms. The van der Waals surface area contributed by atoms with Crippen molar-refractivity contribution in [3.05, 3.63) is 109 Å². The fraction of sp³-hybridized carbons (Fsp3) is 0.655. The number of esters is 1. The Morgan fingerprint density at radius 2 is 0.844 bits per heavy atom. The largest absolute Gasteiger partial charge is 0.462 e. The molecule has 0 heterocycles. The molecule has 364 valence electrons. The number of aliphatic hydroxyl groups excluding tert-OH is 2. The minimum atomic E-state index is -0.809. The van der Waals surface area contributed by atoms with E-state index >= 15 is 0 Å². The molecular formula is C58H97NO5. The second kappa shape index (κ2) is 50.5. The van der Waals surface area contributed by atoms with Gasteiger partial charge in [0.15, 0.2) is 0 Å². The van der Waals surface area contributed by atoms with Gasteiger partial charge in [0.05, 0.1) is 25.2 Å². The number of hydrogen-bond donors (Lipinski definition) is 3. The standard InChI is InChI=1S/C58H97NO5/c1-4-7-10-13-16-19-22-25-27-28-30-33-36-39-42-45-48-51-58(63)64-54(49-46-43-40-37-34-31-24-21-18-15-12-9-6-3)52-57(62)59-55(53-60)56(61)50-47-44-41-38-35-32-29-26-23-20-17-14-11-8-5-2/h7,9-10,12-13,15-16,18-19,21-22,24-25,27-28,30,33,36,54-56,60-61H,4-6,8,11,14,17,20,23,26,29,31-32,34-35,37-53H2,1-3H3,(H,59,62)/b10-7-,12-9+,16-13+,18-15+,22-19+,24-21+,27-25-,30-28+,36-33+. The van der Waals surface area contributed by atoms with Crippen molar-refractivity contribution in [2.75, 3.05) is 6.61 Å². The second-order valence-electron chi connectivity index (χ2n) is 17.4. The molecule has 0 radical (unpaired) electrons. The molecule has 0 aliphatic heterocycles. The average molecular weight is 888 g/mol. The Bertz CT molecular complexity index is 1320. The lowest BCUT2D eigenvalue weighted by Crippen LogP contribution is -2.46. The number of amides is 1. The zero-order valence-corrected chi connectivity index (χ0v) is 41.4. The topological polar surface area (TPSA) is 95.9 Å². The van der Waals surface area contributed by atoms with Gasteiger partial charge in [0.1, 0.15) is 6.10 Å². The van der Waals surface area contributed by atoms with Crippen LogP contribution in [0, 0.1) is 0 Å². The number of carbonyl (C=O) groups is 2. The molecule has 1 amide bonds. The quantitative estimate of drug-likeness (QED) is 0.0322. The number of ether oxygens (including phenoxy) is 1. The van der Waals surface area contributed by atoms with Crippen molar-refractivity contribution in [2.45, 2.75) is 238 Å². The molecule has 0 aromatic rings. The average Bonchev–Trinajstić information content (AvgIpc) is 3.29. The maximum atomic E-state index is 13.2. The molecule has 0 fully saturated rings. The van der Waals surface area contributed by atoms with E-state index in [4.69, 9.17) is 4.74 Å². The van der Waals surface area contributed by atoms with Crippen molar-refractivity contribution in [3.63, 3.8) is 0 Å². The summed E-state index contributed by atoms with van der Waals surface area (Å²) in [5.41, 5.74) is 0. The first kappa shape index (κ1) is 60.5. The Kier molecular flexibility index (Phi) is 47.8. The van der Waals surface area contributed by atoms with Crippen LogP contribution in [-0.4, -0.2) is 46.9 Å². The molecule has 6 heteroatoms. The summed E-state index contributed by atoms with van der Waals surface area (Å²) in [4.78, 5) is 26.2. The van der Waals surface area contributed by atoms with E-state index in [1.807, 2.05) is 54.7 Å². The van der Waals surface area contributed by atoms with Crippen LogP contribution in [0.4, 0.5) is 0 Å². The highest BCUT2D eigenvalue weighted by molar-refractivity contribution is 5.77. The fourth-order valence-electron chi connectivity index (χ4n) is 7.40. The molecule has 3 unspecified atom stereocenters. The van der Waals surface area contributed by atoms with Gasteiger partial charge < -0.3 is 20.3 Å². The van der Waals surface area contributed by atoms with Crippen molar-refractivity contribution in [3.8, 4) is 0 Å². The van der Waals surface area contributed by atoms with Crippen LogP contribution in [0.1, 0.15) is 220 Å². The SMILES string of the molecule is CC\C=C/C=C/C=C/C=C\C=C\C=C\CCCCCC(=O)OC(CCCCCCC/C=C/C=C/C=C/CC)CC(=O)NC(CO)C(O)CCCCCCCCCCCCCCCCC. The summed E-state index contributed by atoms with van der Waals surface area (Å²) < 4.78 is 5.91. The molecule has 64 heavy (non-hydrogen) atoms. The number of unbranched alkanes of at least 4 members (excludes halogenated alkanes) is 22. The van der Waals surface area contributed by atoms with Crippen molar-refractivity contribution in [1.82, 2.24) is 5.32 Å². The summed E-state index contributed by atoms with van der Waals surface area (Å²) in [7, 11) is 0. The summed E-state index contributed by atoms with van der Waals surface area (Å²) >= 11 is 0. The predicted octanol–water partition coefficient (Wildman–Crippen LogP) is 15.9. The van der Waals surface area contributed by atoms with Gasteiger partial charge in [-0.25, -0.2) is 0 Å². The summed E-state index contributed by atoms with van der Waals surface area (Å²) in [6.45, 7) is 6.19. The monoisotopic (exact) mass is 888 g/mol. The van der Waals surface area contributed by atoms with Gasteiger partial charge in [-0.1, -0.05) is 252 Å². The molecular weight excluding hydrogens is 791 g/mol. The number of allylic oxidation sites excluding steroid dienone is 18. The molecule has 0 rings (SSSR count). The molecule has 0 aliphatic carbocycles. The lowest BCUT2D eigenvalue weighted by atomic mass is 10.0. The first-order chi connectivity index (χ1) is 31.5. The lowest BCUT2D eigenvalue weighted by molar-refractivity contribution is -0.151. The summed E-state index contributed by atoms with van der Waals surface area (Å²) in [5, 5.41) is 23.8. The van der Waals surface area contributed by atoms with Crippen LogP contribution >= 0.6 is 0 Å². The van der Waals surface area contributed by atoms with Crippen LogP contribution in [0.3, 0.4) is 0 Å². The fourth-order valence-corrected chi connectivity index (χ4v) is 7.40. The first-order valence-electron chi connectivity index (χ1n) is 26.2. The van der Waals surface area contributed by atoms with Gasteiger partial charge in [-0.3, -0.25) is 9.59 Å².